The monoisotopic (exact) mass is 510 g/mol. The summed E-state index contributed by atoms with van der Waals surface area (Å²) >= 11 is 6.25. The molecule has 2 atom stereocenters. The Bertz CT molecular complexity index is 1270. The molecule has 2 aliphatic carbocycles. The third-order valence-electron chi connectivity index (χ3n) is 6.95. The number of hydrogen-bond acceptors (Lipinski definition) is 4. The van der Waals surface area contributed by atoms with Gasteiger partial charge in [-0.25, -0.2) is 21.6 Å². The SMILES string of the molecule is C[C@]1(CC#N)CC2CCC(C1)[C@@H]2S(=O)(=O)c1cc(C(=O)Nc2cc(F)c(F)c(F)c2)ccc1Cl. The maximum absolute atomic E-state index is 13.7. The third-order valence-corrected chi connectivity index (χ3v) is 9.83. The highest BCUT2D eigenvalue weighted by Crippen LogP contribution is 2.55. The number of nitrogens with one attached hydrogen (secondary N) is 1. The number of rotatable bonds is 5. The van der Waals surface area contributed by atoms with Gasteiger partial charge in [0.25, 0.3) is 5.91 Å². The summed E-state index contributed by atoms with van der Waals surface area (Å²) in [4.78, 5) is 12.5. The van der Waals surface area contributed by atoms with Crippen molar-refractivity contribution in [3.8, 4) is 6.07 Å². The summed E-state index contributed by atoms with van der Waals surface area (Å²) in [5, 5.41) is 10.7. The molecule has 2 bridgehead atoms. The minimum absolute atomic E-state index is 0.0276. The van der Waals surface area contributed by atoms with Crippen LogP contribution in [0.2, 0.25) is 5.02 Å². The Labute approximate surface area is 200 Å². The van der Waals surface area contributed by atoms with Gasteiger partial charge < -0.3 is 5.32 Å². The molecule has 180 valence electrons. The molecule has 2 unspecified atom stereocenters. The molecule has 1 amide bonds. The molecule has 0 saturated heterocycles. The van der Waals surface area contributed by atoms with E-state index in [9.17, 15) is 26.4 Å². The van der Waals surface area contributed by atoms with E-state index >= 15 is 0 Å². The topological polar surface area (TPSA) is 87.0 Å². The van der Waals surface area contributed by atoms with Gasteiger partial charge >= 0.3 is 0 Å². The van der Waals surface area contributed by atoms with Gasteiger partial charge in [0.2, 0.25) is 0 Å². The average molecular weight is 511 g/mol. The number of hydrogen-bond donors (Lipinski definition) is 1. The van der Waals surface area contributed by atoms with Gasteiger partial charge in [-0.15, -0.1) is 0 Å². The molecule has 0 radical (unpaired) electrons. The maximum Gasteiger partial charge on any atom is 0.255 e. The van der Waals surface area contributed by atoms with Crippen LogP contribution in [0, 0.1) is 46.0 Å². The third kappa shape index (κ3) is 4.41. The van der Waals surface area contributed by atoms with E-state index in [-0.39, 0.29) is 38.4 Å². The minimum Gasteiger partial charge on any atom is -0.322 e. The van der Waals surface area contributed by atoms with E-state index < -0.39 is 38.4 Å². The molecular formula is C24H22ClF3N2O3S. The highest BCUT2D eigenvalue weighted by atomic mass is 35.5. The number of nitriles is 1. The summed E-state index contributed by atoms with van der Waals surface area (Å²) in [6.07, 6.45) is 3.11. The minimum atomic E-state index is -3.91. The van der Waals surface area contributed by atoms with Crippen molar-refractivity contribution in [3.05, 3.63) is 58.4 Å². The van der Waals surface area contributed by atoms with Crippen LogP contribution in [0.25, 0.3) is 0 Å². The summed E-state index contributed by atoms with van der Waals surface area (Å²) < 4.78 is 67.5. The van der Waals surface area contributed by atoms with Crippen molar-refractivity contribution >= 4 is 33.0 Å². The van der Waals surface area contributed by atoms with Gasteiger partial charge in [-0.3, -0.25) is 4.79 Å². The van der Waals surface area contributed by atoms with Gasteiger partial charge in [-0.1, -0.05) is 18.5 Å². The molecule has 2 aromatic rings. The van der Waals surface area contributed by atoms with Crippen LogP contribution >= 0.6 is 11.6 Å². The lowest BCUT2D eigenvalue weighted by atomic mass is 9.68. The Balaban J connectivity index is 1.62. The quantitative estimate of drug-likeness (QED) is 0.508. The van der Waals surface area contributed by atoms with Gasteiger partial charge in [0, 0.05) is 29.8 Å². The molecular weight excluding hydrogens is 489 g/mol. The van der Waals surface area contributed by atoms with Crippen LogP contribution in [0.4, 0.5) is 18.9 Å². The fourth-order valence-electron chi connectivity index (χ4n) is 5.61. The van der Waals surface area contributed by atoms with E-state index in [0.29, 0.717) is 31.4 Å². The van der Waals surface area contributed by atoms with E-state index in [0.717, 1.165) is 18.9 Å². The second-order valence-electron chi connectivity index (χ2n) is 9.51. The van der Waals surface area contributed by atoms with Crippen molar-refractivity contribution in [1.29, 1.82) is 5.26 Å². The number of carbonyl (C=O) groups is 1. The van der Waals surface area contributed by atoms with Gasteiger partial charge in [-0.05, 0) is 61.1 Å². The molecule has 5 nitrogen and oxygen atoms in total. The molecule has 34 heavy (non-hydrogen) atoms. The van der Waals surface area contributed by atoms with Crippen molar-refractivity contribution in [2.24, 2.45) is 17.3 Å². The van der Waals surface area contributed by atoms with Crippen molar-refractivity contribution in [1.82, 2.24) is 0 Å². The lowest BCUT2D eigenvalue weighted by Gasteiger charge is -2.41. The highest BCUT2D eigenvalue weighted by Gasteiger charge is 2.53. The van der Waals surface area contributed by atoms with E-state index in [1.54, 1.807) is 0 Å². The zero-order valence-corrected chi connectivity index (χ0v) is 19.8. The summed E-state index contributed by atoms with van der Waals surface area (Å²) in [5.41, 5.74) is -0.619. The van der Waals surface area contributed by atoms with Crippen LogP contribution in [0.3, 0.4) is 0 Å². The van der Waals surface area contributed by atoms with Crippen LogP contribution in [0.15, 0.2) is 35.2 Å². The molecule has 0 aliphatic heterocycles. The molecule has 10 heteroatoms. The lowest BCUT2D eigenvalue weighted by Crippen LogP contribution is -2.41. The Hall–Kier alpha value is -2.57. The molecule has 1 N–H and O–H groups in total. The standard InChI is InChI=1S/C24H22ClF3N2O3S/c1-24(6-7-29)11-14-2-3-15(12-24)22(14)34(32,33)20-8-13(4-5-17(20)25)23(31)30-16-9-18(26)21(28)19(27)10-16/h4-5,8-10,14-15,22H,2-3,6,11-12H2,1H3,(H,30,31)/t14?,15?,22-,24+. The number of carbonyl (C=O) groups excluding carboxylic acids is 1. The molecule has 4 rings (SSSR count). The number of amides is 1. The number of halogens is 4. The number of benzene rings is 2. The van der Waals surface area contributed by atoms with Crippen molar-refractivity contribution in [2.45, 2.75) is 49.2 Å². The van der Waals surface area contributed by atoms with Crippen LogP contribution < -0.4 is 5.32 Å². The van der Waals surface area contributed by atoms with Crippen LogP contribution in [0.1, 0.15) is 49.4 Å². The van der Waals surface area contributed by atoms with Crippen molar-refractivity contribution < 1.29 is 26.4 Å². The first kappa shape index (κ1) is 24.6. The normalized spacial score (nSPS) is 26.2. The first-order valence-corrected chi connectivity index (χ1v) is 12.7. The number of anilines is 1. The first-order chi connectivity index (χ1) is 15.9. The van der Waals surface area contributed by atoms with E-state index in [1.165, 1.54) is 12.1 Å². The maximum atomic E-state index is 13.7. The summed E-state index contributed by atoms with van der Waals surface area (Å²) in [7, 11) is -3.91. The Morgan fingerprint density at radius 3 is 2.29 bits per heavy atom. The molecule has 0 heterocycles. The number of sulfone groups is 1. The molecule has 2 aliphatic rings. The van der Waals surface area contributed by atoms with E-state index in [4.69, 9.17) is 16.9 Å². The molecule has 2 fully saturated rings. The molecule has 0 aromatic heterocycles. The van der Waals surface area contributed by atoms with E-state index in [2.05, 4.69) is 11.4 Å². The fraction of sp³-hybridized carbons (Fsp3) is 0.417. The number of fused-ring (bicyclic) bond motifs is 2. The van der Waals surface area contributed by atoms with Crippen molar-refractivity contribution in [2.75, 3.05) is 5.32 Å². The van der Waals surface area contributed by atoms with Crippen LogP contribution in [-0.4, -0.2) is 19.6 Å². The Morgan fingerprint density at radius 2 is 1.74 bits per heavy atom. The molecule has 2 aromatic carbocycles. The summed E-state index contributed by atoms with van der Waals surface area (Å²) in [6, 6.07) is 7.21. The number of nitrogens with zero attached hydrogens (tertiary/aromatic N) is 1. The predicted molar refractivity (Wildman–Crippen MR) is 120 cm³/mol. The van der Waals surface area contributed by atoms with Gasteiger partial charge in [0.05, 0.1) is 21.2 Å². The highest BCUT2D eigenvalue weighted by molar-refractivity contribution is 7.92. The molecule has 0 spiro atoms. The van der Waals surface area contributed by atoms with Gasteiger partial charge in [0.1, 0.15) is 0 Å². The van der Waals surface area contributed by atoms with Crippen LogP contribution in [-0.2, 0) is 9.84 Å². The smallest absolute Gasteiger partial charge is 0.255 e. The van der Waals surface area contributed by atoms with E-state index in [1.807, 2.05) is 6.92 Å². The summed E-state index contributed by atoms with van der Waals surface area (Å²) in [5.74, 6) is -5.64. The predicted octanol–water partition coefficient (Wildman–Crippen LogP) is 5.89. The van der Waals surface area contributed by atoms with Crippen molar-refractivity contribution in [3.63, 3.8) is 0 Å². The zero-order chi connectivity index (χ0) is 24.8. The van der Waals surface area contributed by atoms with Gasteiger partial charge in [-0.2, -0.15) is 5.26 Å². The largest absolute Gasteiger partial charge is 0.322 e. The van der Waals surface area contributed by atoms with Crippen LogP contribution in [0.5, 0.6) is 0 Å². The zero-order valence-electron chi connectivity index (χ0n) is 18.2. The Morgan fingerprint density at radius 1 is 1.15 bits per heavy atom. The second kappa shape index (κ2) is 8.90. The fourth-order valence-corrected chi connectivity index (χ4v) is 8.45. The Kier molecular flexibility index (Phi) is 6.42. The lowest BCUT2D eigenvalue weighted by molar-refractivity contribution is 0.102. The molecule has 2 saturated carbocycles. The second-order valence-corrected chi connectivity index (χ2v) is 12.0. The van der Waals surface area contributed by atoms with Gasteiger partial charge in [0.15, 0.2) is 27.3 Å². The first-order valence-electron chi connectivity index (χ1n) is 10.8. The summed E-state index contributed by atoms with van der Waals surface area (Å²) in [6.45, 7) is 2.02. The average Bonchev–Trinajstić information content (AvgIpc) is 3.05.